The molecule has 2 aliphatic heterocycles. The molecule has 1 atom stereocenters. The number of carbonyl (C=O) groups excluding carboxylic acids is 2. The van der Waals surface area contributed by atoms with Gasteiger partial charge < -0.3 is 14.5 Å². The first-order valence-corrected chi connectivity index (χ1v) is 10.5. The average Bonchev–Trinajstić information content (AvgIpc) is 2.78. The molecule has 1 aromatic heterocycles. The van der Waals surface area contributed by atoms with Gasteiger partial charge in [-0.05, 0) is 54.7 Å². The van der Waals surface area contributed by atoms with E-state index in [1.54, 1.807) is 23.1 Å². The largest absolute Gasteiger partial charge is 0.380 e. The number of likely N-dealkylation sites (tertiary alicyclic amines) is 1. The topological polar surface area (TPSA) is 71.8 Å². The van der Waals surface area contributed by atoms with Crippen molar-refractivity contribution in [1.82, 2.24) is 14.4 Å². The molecule has 4 rings (SSSR count). The third kappa shape index (κ3) is 4.12. The molecule has 0 radical (unpaired) electrons. The number of halogens is 1. The number of aromatic nitrogens is 1. The Labute approximate surface area is 180 Å². The van der Waals surface area contributed by atoms with Crippen LogP contribution < -0.4 is 5.56 Å². The van der Waals surface area contributed by atoms with Gasteiger partial charge in [-0.15, -0.1) is 0 Å². The molecule has 0 bridgehead atoms. The maximum absolute atomic E-state index is 13.5. The fourth-order valence-electron chi connectivity index (χ4n) is 4.41. The van der Waals surface area contributed by atoms with E-state index in [0.29, 0.717) is 43.9 Å². The summed E-state index contributed by atoms with van der Waals surface area (Å²) in [6.45, 7) is 3.30. The van der Waals surface area contributed by atoms with Gasteiger partial charge in [-0.25, -0.2) is 4.39 Å². The van der Waals surface area contributed by atoms with Gasteiger partial charge in [-0.1, -0.05) is 0 Å². The lowest BCUT2D eigenvalue weighted by Crippen LogP contribution is -2.46. The molecule has 31 heavy (non-hydrogen) atoms. The number of methoxy groups -OCH3 is 1. The summed E-state index contributed by atoms with van der Waals surface area (Å²) in [6, 6.07) is 5.56. The second kappa shape index (κ2) is 8.63. The lowest BCUT2D eigenvalue weighted by Gasteiger charge is -2.34. The number of hydrogen-bond donors (Lipinski definition) is 0. The minimum Gasteiger partial charge on any atom is -0.380 e. The van der Waals surface area contributed by atoms with Gasteiger partial charge in [0.2, 0.25) is 5.91 Å². The Bertz CT molecular complexity index is 1060. The Hall–Kier alpha value is -3.00. The number of ether oxygens (including phenoxy) is 1. The van der Waals surface area contributed by atoms with E-state index in [0.717, 1.165) is 18.4 Å². The highest BCUT2D eigenvalue weighted by Gasteiger charge is 2.32. The summed E-state index contributed by atoms with van der Waals surface area (Å²) in [7, 11) is 1.63. The molecule has 3 heterocycles. The molecule has 164 valence electrons. The molecule has 0 N–H and O–H groups in total. The van der Waals surface area contributed by atoms with Crippen molar-refractivity contribution in [3.63, 3.8) is 0 Å². The van der Waals surface area contributed by atoms with Crippen LogP contribution in [0.4, 0.5) is 4.39 Å². The number of piperidine rings is 1. The standard InChI is InChI=1S/C23H26FN3O4/c1-15(28)25-11-9-20-16(12-25)13-27(18-7-5-17(24)6-8-18)23(30)21(20)22(29)26-10-3-4-19(14-26)31-2/h5-8,13,19H,3-4,9-12,14H2,1-2H3. The molecule has 1 saturated heterocycles. The van der Waals surface area contributed by atoms with Gasteiger partial charge in [0.15, 0.2) is 0 Å². The Balaban J connectivity index is 1.83. The maximum atomic E-state index is 13.5. The molecule has 2 aromatic rings. The lowest BCUT2D eigenvalue weighted by molar-refractivity contribution is -0.129. The Morgan fingerprint density at radius 3 is 2.55 bits per heavy atom. The molecule has 8 heteroatoms. The van der Waals surface area contributed by atoms with Gasteiger partial charge in [0, 0.05) is 52.1 Å². The number of carbonyl (C=O) groups is 2. The minimum atomic E-state index is -0.425. The zero-order chi connectivity index (χ0) is 22.1. The minimum absolute atomic E-state index is 0.0511. The summed E-state index contributed by atoms with van der Waals surface area (Å²) in [5.41, 5.74) is 1.64. The Morgan fingerprint density at radius 1 is 1.13 bits per heavy atom. The van der Waals surface area contributed by atoms with Crippen molar-refractivity contribution < 1.29 is 18.7 Å². The van der Waals surface area contributed by atoms with Crippen molar-refractivity contribution in [2.45, 2.75) is 38.8 Å². The molecular formula is C23H26FN3O4. The van der Waals surface area contributed by atoms with Crippen molar-refractivity contribution in [3.8, 4) is 5.69 Å². The van der Waals surface area contributed by atoms with Crippen molar-refractivity contribution in [1.29, 1.82) is 0 Å². The van der Waals surface area contributed by atoms with E-state index in [-0.39, 0.29) is 23.5 Å². The summed E-state index contributed by atoms with van der Waals surface area (Å²) >= 11 is 0. The number of pyridine rings is 1. The van der Waals surface area contributed by atoms with Gasteiger partial charge >= 0.3 is 0 Å². The summed E-state index contributed by atoms with van der Waals surface area (Å²) in [5, 5.41) is 0. The smallest absolute Gasteiger partial charge is 0.268 e. The van der Waals surface area contributed by atoms with Crippen LogP contribution >= 0.6 is 0 Å². The van der Waals surface area contributed by atoms with Crippen molar-refractivity contribution in [2.24, 2.45) is 0 Å². The van der Waals surface area contributed by atoms with Crippen molar-refractivity contribution in [3.05, 3.63) is 63.3 Å². The molecule has 1 aromatic carbocycles. The first kappa shape index (κ1) is 21.2. The molecule has 0 aliphatic carbocycles. The number of hydrogen-bond acceptors (Lipinski definition) is 4. The molecule has 2 amide bonds. The van der Waals surface area contributed by atoms with E-state index in [1.807, 2.05) is 0 Å². The van der Waals surface area contributed by atoms with E-state index in [2.05, 4.69) is 0 Å². The number of fused-ring (bicyclic) bond motifs is 1. The molecule has 0 spiro atoms. The quantitative estimate of drug-likeness (QED) is 0.753. The van der Waals surface area contributed by atoms with Crippen LogP contribution in [0.1, 0.15) is 41.3 Å². The van der Waals surface area contributed by atoms with Crippen LogP contribution in [-0.2, 0) is 22.5 Å². The van der Waals surface area contributed by atoms with Crippen LogP contribution in [0.3, 0.4) is 0 Å². The van der Waals surface area contributed by atoms with Gasteiger partial charge in [0.1, 0.15) is 11.4 Å². The van der Waals surface area contributed by atoms with Gasteiger partial charge in [0.05, 0.1) is 6.10 Å². The summed E-state index contributed by atoms with van der Waals surface area (Å²) in [4.78, 5) is 42.3. The highest BCUT2D eigenvalue weighted by atomic mass is 19.1. The summed E-state index contributed by atoms with van der Waals surface area (Å²) < 4.78 is 20.3. The number of rotatable bonds is 3. The SMILES string of the molecule is COC1CCCN(C(=O)c2c3c(cn(-c4ccc(F)cc4)c2=O)CN(C(C)=O)CC3)C1. The third-order valence-electron chi connectivity index (χ3n) is 6.16. The van der Waals surface area contributed by atoms with Crippen LogP contribution in [0.15, 0.2) is 35.3 Å². The second-order valence-corrected chi connectivity index (χ2v) is 8.10. The number of amides is 2. The molecule has 2 aliphatic rings. The lowest BCUT2D eigenvalue weighted by atomic mass is 9.95. The highest BCUT2D eigenvalue weighted by molar-refractivity contribution is 5.96. The number of nitrogens with zero attached hydrogens (tertiary/aromatic N) is 3. The fourth-order valence-corrected chi connectivity index (χ4v) is 4.41. The molecule has 0 saturated carbocycles. The monoisotopic (exact) mass is 427 g/mol. The molecular weight excluding hydrogens is 401 g/mol. The zero-order valence-corrected chi connectivity index (χ0v) is 17.8. The van der Waals surface area contributed by atoms with E-state index in [9.17, 15) is 18.8 Å². The average molecular weight is 427 g/mol. The summed E-state index contributed by atoms with van der Waals surface area (Å²) in [6.07, 6.45) is 3.75. The van der Waals surface area contributed by atoms with Gasteiger partial charge in [-0.3, -0.25) is 19.0 Å². The van der Waals surface area contributed by atoms with Gasteiger partial charge in [-0.2, -0.15) is 0 Å². The summed E-state index contributed by atoms with van der Waals surface area (Å²) in [5.74, 6) is -0.777. The Morgan fingerprint density at radius 2 is 1.87 bits per heavy atom. The van der Waals surface area contributed by atoms with E-state index < -0.39 is 11.4 Å². The maximum Gasteiger partial charge on any atom is 0.268 e. The normalized spacial score (nSPS) is 18.6. The molecule has 1 fully saturated rings. The Kier molecular flexibility index (Phi) is 5.91. The number of benzene rings is 1. The molecule has 7 nitrogen and oxygen atoms in total. The van der Waals surface area contributed by atoms with Crippen LogP contribution in [0.5, 0.6) is 0 Å². The third-order valence-corrected chi connectivity index (χ3v) is 6.16. The van der Waals surface area contributed by atoms with Crippen LogP contribution in [0, 0.1) is 5.82 Å². The van der Waals surface area contributed by atoms with Crippen LogP contribution in [0.25, 0.3) is 5.69 Å². The second-order valence-electron chi connectivity index (χ2n) is 8.10. The molecule has 1 unspecified atom stereocenters. The first-order valence-electron chi connectivity index (χ1n) is 10.5. The predicted molar refractivity (Wildman–Crippen MR) is 113 cm³/mol. The van der Waals surface area contributed by atoms with Crippen molar-refractivity contribution >= 4 is 11.8 Å². The van der Waals surface area contributed by atoms with Gasteiger partial charge in [0.25, 0.3) is 11.5 Å². The zero-order valence-electron chi connectivity index (χ0n) is 17.8. The van der Waals surface area contributed by atoms with E-state index in [1.165, 1.54) is 35.8 Å². The fraction of sp³-hybridized carbons (Fsp3) is 0.435. The highest BCUT2D eigenvalue weighted by Crippen LogP contribution is 2.24. The van der Waals surface area contributed by atoms with Crippen molar-refractivity contribution in [2.75, 3.05) is 26.7 Å². The van der Waals surface area contributed by atoms with Crippen LogP contribution in [0.2, 0.25) is 0 Å². The first-order chi connectivity index (χ1) is 14.9. The van der Waals surface area contributed by atoms with E-state index in [4.69, 9.17) is 4.74 Å². The van der Waals surface area contributed by atoms with Crippen LogP contribution in [-0.4, -0.2) is 59.0 Å². The predicted octanol–water partition coefficient (Wildman–Crippen LogP) is 2.13. The van der Waals surface area contributed by atoms with E-state index >= 15 is 0 Å².